The molecular formula is C20H24N4O2S. The summed E-state index contributed by atoms with van der Waals surface area (Å²) in [6.45, 7) is 4.33. The molecule has 1 N–H and O–H groups in total. The van der Waals surface area contributed by atoms with Gasteiger partial charge in [-0.3, -0.25) is 9.78 Å². The van der Waals surface area contributed by atoms with E-state index in [-0.39, 0.29) is 11.9 Å². The van der Waals surface area contributed by atoms with Crippen LogP contribution in [0.15, 0.2) is 46.6 Å². The van der Waals surface area contributed by atoms with Crippen molar-refractivity contribution in [2.45, 2.75) is 45.6 Å². The van der Waals surface area contributed by atoms with Gasteiger partial charge < -0.3 is 9.84 Å². The summed E-state index contributed by atoms with van der Waals surface area (Å²) in [4.78, 5) is 22.1. The molecule has 1 atom stereocenters. The molecule has 27 heavy (non-hydrogen) atoms. The van der Waals surface area contributed by atoms with Crippen LogP contribution in [0.1, 0.15) is 49.9 Å². The zero-order chi connectivity index (χ0) is 19.1. The first kappa shape index (κ1) is 19.2. The lowest BCUT2D eigenvalue weighted by Gasteiger charge is -2.25. The van der Waals surface area contributed by atoms with E-state index in [1.165, 1.54) is 4.88 Å². The molecule has 3 heterocycles. The van der Waals surface area contributed by atoms with Crippen molar-refractivity contribution < 1.29 is 9.32 Å². The predicted molar refractivity (Wildman–Crippen MR) is 105 cm³/mol. The number of aryl methyl sites for hydroxylation is 1. The first-order valence-corrected chi connectivity index (χ1v) is 10.1. The second-order valence-electron chi connectivity index (χ2n) is 6.39. The van der Waals surface area contributed by atoms with Gasteiger partial charge in [-0.25, -0.2) is 0 Å². The quantitative estimate of drug-likeness (QED) is 0.591. The highest BCUT2D eigenvalue weighted by atomic mass is 32.1. The molecule has 3 rings (SSSR count). The van der Waals surface area contributed by atoms with E-state index in [1.807, 2.05) is 18.2 Å². The van der Waals surface area contributed by atoms with E-state index in [9.17, 15) is 4.79 Å². The van der Waals surface area contributed by atoms with Crippen LogP contribution in [0.3, 0.4) is 0 Å². The third-order valence-corrected chi connectivity index (χ3v) is 5.60. The fourth-order valence-electron chi connectivity index (χ4n) is 3.08. The van der Waals surface area contributed by atoms with E-state index in [4.69, 9.17) is 4.52 Å². The van der Waals surface area contributed by atoms with Gasteiger partial charge in [0.25, 0.3) is 0 Å². The van der Waals surface area contributed by atoms with Gasteiger partial charge in [0, 0.05) is 35.7 Å². The molecule has 3 aromatic rings. The standard InChI is InChI=1S/C20H24N4O2S/c1-3-14(4-2)19(16-8-6-12-27-16)22-17(25)9-10-18-23-20(24-26-18)15-7-5-11-21-13-15/h5-8,11-14,19H,3-4,9-10H2,1-2H3,(H,22,25). The minimum absolute atomic E-state index is 0.00132. The Labute approximate surface area is 163 Å². The van der Waals surface area contributed by atoms with E-state index in [1.54, 1.807) is 23.7 Å². The molecule has 0 aliphatic heterocycles. The number of rotatable bonds is 9. The van der Waals surface area contributed by atoms with Crippen molar-refractivity contribution in [1.29, 1.82) is 0 Å². The van der Waals surface area contributed by atoms with Crippen molar-refractivity contribution >= 4 is 17.2 Å². The van der Waals surface area contributed by atoms with Crippen molar-refractivity contribution in [3.8, 4) is 11.4 Å². The Hall–Kier alpha value is -2.54. The molecule has 0 saturated heterocycles. The molecular weight excluding hydrogens is 360 g/mol. The van der Waals surface area contributed by atoms with Gasteiger partial charge in [0.05, 0.1) is 6.04 Å². The number of hydrogen-bond acceptors (Lipinski definition) is 6. The summed E-state index contributed by atoms with van der Waals surface area (Å²) >= 11 is 1.69. The Morgan fingerprint density at radius 3 is 2.78 bits per heavy atom. The van der Waals surface area contributed by atoms with Gasteiger partial charge in [-0.05, 0) is 29.5 Å². The highest BCUT2D eigenvalue weighted by molar-refractivity contribution is 7.10. The molecule has 1 unspecified atom stereocenters. The van der Waals surface area contributed by atoms with Gasteiger partial charge in [-0.2, -0.15) is 4.98 Å². The maximum Gasteiger partial charge on any atom is 0.227 e. The minimum Gasteiger partial charge on any atom is -0.348 e. The first-order valence-electron chi connectivity index (χ1n) is 9.27. The van der Waals surface area contributed by atoms with Gasteiger partial charge in [0.15, 0.2) is 0 Å². The number of aromatic nitrogens is 3. The van der Waals surface area contributed by atoms with E-state index >= 15 is 0 Å². The normalized spacial score (nSPS) is 12.3. The Kier molecular flexibility index (Phi) is 6.70. The molecule has 0 radical (unpaired) electrons. The average molecular weight is 385 g/mol. The van der Waals surface area contributed by atoms with Crippen LogP contribution in [0, 0.1) is 5.92 Å². The van der Waals surface area contributed by atoms with Gasteiger partial charge in [0.1, 0.15) is 0 Å². The summed E-state index contributed by atoms with van der Waals surface area (Å²) < 4.78 is 5.27. The third kappa shape index (κ3) is 5.01. The largest absolute Gasteiger partial charge is 0.348 e. The van der Waals surface area contributed by atoms with Crippen molar-refractivity contribution in [2.75, 3.05) is 0 Å². The minimum atomic E-state index is 0.00132. The van der Waals surface area contributed by atoms with Gasteiger partial charge >= 0.3 is 0 Å². The van der Waals surface area contributed by atoms with Gasteiger partial charge in [-0.1, -0.05) is 37.9 Å². The zero-order valence-corrected chi connectivity index (χ0v) is 16.4. The number of nitrogens with one attached hydrogen (secondary N) is 1. The Bertz CT molecular complexity index is 829. The lowest BCUT2D eigenvalue weighted by molar-refractivity contribution is -0.122. The number of pyridine rings is 1. The zero-order valence-electron chi connectivity index (χ0n) is 15.6. The third-order valence-electron chi connectivity index (χ3n) is 4.64. The van der Waals surface area contributed by atoms with E-state index in [0.717, 1.165) is 18.4 Å². The SMILES string of the molecule is CCC(CC)C(NC(=O)CCc1nc(-c2cccnc2)no1)c1cccs1. The summed E-state index contributed by atoms with van der Waals surface area (Å²) in [5, 5.41) is 9.22. The van der Waals surface area contributed by atoms with E-state index in [2.05, 4.69) is 45.7 Å². The van der Waals surface area contributed by atoms with E-state index in [0.29, 0.717) is 30.5 Å². The lowest BCUT2D eigenvalue weighted by atomic mass is 9.93. The number of nitrogens with zero attached hydrogens (tertiary/aromatic N) is 3. The molecule has 0 fully saturated rings. The van der Waals surface area contributed by atoms with Crippen LogP contribution >= 0.6 is 11.3 Å². The molecule has 0 spiro atoms. The predicted octanol–water partition coefficient (Wildman–Crippen LogP) is 4.42. The van der Waals surface area contributed by atoms with Crippen LogP contribution in [0.25, 0.3) is 11.4 Å². The molecule has 0 saturated carbocycles. The first-order chi connectivity index (χ1) is 13.2. The number of hydrogen-bond donors (Lipinski definition) is 1. The molecule has 0 aliphatic rings. The molecule has 0 aromatic carbocycles. The highest BCUT2D eigenvalue weighted by Gasteiger charge is 2.23. The molecule has 0 bridgehead atoms. The average Bonchev–Trinajstić information content (AvgIpc) is 3.39. The van der Waals surface area contributed by atoms with Crippen LogP contribution in [-0.4, -0.2) is 21.0 Å². The van der Waals surface area contributed by atoms with Crippen molar-refractivity contribution in [3.05, 3.63) is 52.8 Å². The maximum atomic E-state index is 12.5. The molecule has 3 aromatic heterocycles. The molecule has 6 nitrogen and oxygen atoms in total. The summed E-state index contributed by atoms with van der Waals surface area (Å²) in [5.74, 6) is 1.38. The van der Waals surface area contributed by atoms with E-state index < -0.39 is 0 Å². The van der Waals surface area contributed by atoms with Crippen molar-refractivity contribution in [2.24, 2.45) is 5.92 Å². The Morgan fingerprint density at radius 2 is 2.11 bits per heavy atom. The second kappa shape index (κ2) is 9.41. The molecule has 0 aliphatic carbocycles. The molecule has 1 amide bonds. The fourth-order valence-corrected chi connectivity index (χ4v) is 3.95. The fraction of sp³-hybridized carbons (Fsp3) is 0.400. The highest BCUT2D eigenvalue weighted by Crippen LogP contribution is 2.30. The van der Waals surface area contributed by atoms with Crippen LogP contribution < -0.4 is 5.32 Å². The molecule has 142 valence electrons. The van der Waals surface area contributed by atoms with Gasteiger partial charge in [0.2, 0.25) is 17.6 Å². The second-order valence-corrected chi connectivity index (χ2v) is 7.37. The Balaban J connectivity index is 1.59. The van der Waals surface area contributed by atoms with Crippen LogP contribution in [0.5, 0.6) is 0 Å². The lowest BCUT2D eigenvalue weighted by Crippen LogP contribution is -2.33. The number of carbonyl (C=O) groups excluding carboxylic acids is 1. The van der Waals surface area contributed by atoms with Crippen LogP contribution in [-0.2, 0) is 11.2 Å². The number of carbonyl (C=O) groups is 1. The number of thiophene rings is 1. The summed E-state index contributed by atoms with van der Waals surface area (Å²) in [6, 6.07) is 7.87. The number of amides is 1. The van der Waals surface area contributed by atoms with Crippen LogP contribution in [0.4, 0.5) is 0 Å². The smallest absolute Gasteiger partial charge is 0.227 e. The van der Waals surface area contributed by atoms with Gasteiger partial charge in [-0.15, -0.1) is 11.3 Å². The summed E-state index contributed by atoms with van der Waals surface area (Å²) in [6.07, 6.45) is 6.16. The molecule has 7 heteroatoms. The van der Waals surface area contributed by atoms with Crippen molar-refractivity contribution in [3.63, 3.8) is 0 Å². The summed E-state index contributed by atoms with van der Waals surface area (Å²) in [5.41, 5.74) is 0.795. The van der Waals surface area contributed by atoms with Crippen LogP contribution in [0.2, 0.25) is 0 Å². The van der Waals surface area contributed by atoms with Crippen molar-refractivity contribution in [1.82, 2.24) is 20.4 Å². The maximum absolute atomic E-state index is 12.5. The Morgan fingerprint density at radius 1 is 1.26 bits per heavy atom. The topological polar surface area (TPSA) is 80.9 Å². The monoisotopic (exact) mass is 384 g/mol. The summed E-state index contributed by atoms with van der Waals surface area (Å²) in [7, 11) is 0.